The number of carbonyl (C=O) groups is 3. The van der Waals surface area contributed by atoms with Gasteiger partial charge in [-0.2, -0.15) is 0 Å². The Hall–Kier alpha value is -2.93. The Morgan fingerprint density at radius 3 is 2.50 bits per heavy atom. The summed E-state index contributed by atoms with van der Waals surface area (Å²) in [6, 6.07) is 5.81. The van der Waals surface area contributed by atoms with E-state index >= 15 is 0 Å². The first-order valence-corrected chi connectivity index (χ1v) is 11.5. The minimum atomic E-state index is -0.516. The van der Waals surface area contributed by atoms with Crippen molar-refractivity contribution in [3.8, 4) is 5.75 Å². The molecular formula is C25H31N3O4. The Kier molecular flexibility index (Phi) is 7.05. The van der Waals surface area contributed by atoms with Crippen molar-refractivity contribution in [3.05, 3.63) is 47.6 Å². The summed E-state index contributed by atoms with van der Waals surface area (Å²) in [6.45, 7) is 2.97. The molecule has 0 saturated heterocycles. The largest absolute Gasteiger partial charge is 0.488 e. The minimum absolute atomic E-state index is 0.122. The maximum Gasteiger partial charge on any atom is 0.243 e. The lowest BCUT2D eigenvalue weighted by Crippen LogP contribution is -2.42. The monoisotopic (exact) mass is 437 g/mol. The second-order valence-electron chi connectivity index (χ2n) is 8.70. The molecule has 0 radical (unpaired) electrons. The maximum atomic E-state index is 12.5. The predicted octanol–water partition coefficient (Wildman–Crippen LogP) is 2.01. The molecule has 2 unspecified atom stereocenters. The molecule has 2 atom stereocenters. The van der Waals surface area contributed by atoms with E-state index in [2.05, 4.69) is 16.0 Å². The van der Waals surface area contributed by atoms with Crippen LogP contribution in [0.15, 0.2) is 36.4 Å². The third-order valence-corrected chi connectivity index (χ3v) is 6.45. The molecule has 2 aliphatic heterocycles. The molecule has 2 amide bonds. The van der Waals surface area contributed by atoms with E-state index in [-0.39, 0.29) is 23.7 Å². The van der Waals surface area contributed by atoms with Gasteiger partial charge >= 0.3 is 0 Å². The summed E-state index contributed by atoms with van der Waals surface area (Å²) in [5.74, 6) is 0.677. The minimum Gasteiger partial charge on any atom is -0.488 e. The number of amides is 2. The summed E-state index contributed by atoms with van der Waals surface area (Å²) >= 11 is 0. The first-order chi connectivity index (χ1) is 15.6. The number of hydrogen-bond acceptors (Lipinski definition) is 5. The van der Waals surface area contributed by atoms with E-state index < -0.39 is 5.41 Å². The van der Waals surface area contributed by atoms with Gasteiger partial charge in [-0.15, -0.1) is 0 Å². The molecule has 170 valence electrons. The molecular weight excluding hydrogens is 406 g/mol. The Bertz CT molecular complexity index is 939. The molecule has 3 aliphatic rings. The van der Waals surface area contributed by atoms with E-state index in [1.165, 1.54) is 0 Å². The van der Waals surface area contributed by atoms with Gasteiger partial charge < -0.3 is 20.7 Å². The zero-order valence-corrected chi connectivity index (χ0v) is 18.3. The van der Waals surface area contributed by atoms with Gasteiger partial charge in [-0.1, -0.05) is 12.1 Å². The van der Waals surface area contributed by atoms with Crippen LogP contribution in [0.25, 0.3) is 6.08 Å². The van der Waals surface area contributed by atoms with Crippen LogP contribution in [0.3, 0.4) is 0 Å². The van der Waals surface area contributed by atoms with Gasteiger partial charge in [0.15, 0.2) is 0 Å². The standard InChI is InChI=1S/C25H31N3O4/c29-19-8-10-25-11-9-24(31)27-14-2-1-12-26-13-3-15-28-23(30)7-5-18-4-6-21(20(25)16-18)32-22(25)17-19/h4-7,9,11,16,22,26H,1-3,8,10,12-15,17H2,(H,27,31)(H,28,30)/b7-5-,11-9-. The SMILES string of the molecule is O=C1CCC23/C=C\C(=O)NCCCCNCCCNC(=O)/C=C\c4ccc(c2c4)OC3C1. The van der Waals surface area contributed by atoms with Gasteiger partial charge in [0, 0.05) is 37.6 Å². The van der Waals surface area contributed by atoms with Gasteiger partial charge in [0.1, 0.15) is 17.6 Å². The zero-order chi connectivity index (χ0) is 22.4. The number of hydrogen-bond donors (Lipinski definition) is 3. The summed E-state index contributed by atoms with van der Waals surface area (Å²) in [7, 11) is 0. The molecule has 1 fully saturated rings. The van der Waals surface area contributed by atoms with Crippen molar-refractivity contribution in [3.63, 3.8) is 0 Å². The topological polar surface area (TPSA) is 96.5 Å². The first kappa shape index (κ1) is 22.3. The lowest BCUT2D eigenvalue weighted by molar-refractivity contribution is -0.123. The molecule has 4 rings (SSSR count). The Labute approximate surface area is 188 Å². The highest BCUT2D eigenvalue weighted by Crippen LogP contribution is 2.51. The quantitative estimate of drug-likeness (QED) is 0.577. The maximum absolute atomic E-state index is 12.5. The number of benzene rings is 1. The summed E-state index contributed by atoms with van der Waals surface area (Å²) in [6.07, 6.45) is 10.7. The lowest BCUT2D eigenvalue weighted by atomic mass is 9.68. The fourth-order valence-electron chi connectivity index (χ4n) is 4.66. The van der Waals surface area contributed by atoms with Gasteiger partial charge in [0.2, 0.25) is 11.8 Å². The van der Waals surface area contributed by atoms with Gasteiger partial charge in [0.05, 0.1) is 5.41 Å². The van der Waals surface area contributed by atoms with Crippen LogP contribution >= 0.6 is 0 Å². The van der Waals surface area contributed by atoms with E-state index in [1.54, 1.807) is 18.2 Å². The summed E-state index contributed by atoms with van der Waals surface area (Å²) < 4.78 is 6.16. The van der Waals surface area contributed by atoms with Crippen LogP contribution in [0.5, 0.6) is 5.75 Å². The number of nitrogens with one attached hydrogen (secondary N) is 3. The van der Waals surface area contributed by atoms with Crippen LogP contribution in [0.2, 0.25) is 0 Å². The molecule has 7 nitrogen and oxygen atoms in total. The Morgan fingerprint density at radius 2 is 1.62 bits per heavy atom. The highest BCUT2D eigenvalue weighted by atomic mass is 16.5. The number of ketones is 1. The highest BCUT2D eigenvalue weighted by Gasteiger charge is 2.50. The normalized spacial score (nSPS) is 29.1. The van der Waals surface area contributed by atoms with Crippen molar-refractivity contribution in [2.45, 2.75) is 50.0 Å². The molecule has 1 aliphatic carbocycles. The molecule has 2 bridgehead atoms. The summed E-state index contributed by atoms with van der Waals surface area (Å²) in [4.78, 5) is 36.8. The molecule has 32 heavy (non-hydrogen) atoms. The van der Waals surface area contributed by atoms with Crippen molar-refractivity contribution in [1.82, 2.24) is 16.0 Å². The van der Waals surface area contributed by atoms with Gasteiger partial charge in [-0.05, 0) is 68.6 Å². The van der Waals surface area contributed by atoms with E-state index in [1.807, 2.05) is 24.3 Å². The second kappa shape index (κ2) is 10.1. The molecule has 1 spiro atoms. The van der Waals surface area contributed by atoms with Crippen LogP contribution in [0.4, 0.5) is 0 Å². The van der Waals surface area contributed by atoms with E-state index in [4.69, 9.17) is 4.74 Å². The first-order valence-electron chi connectivity index (χ1n) is 11.5. The molecule has 2 heterocycles. The molecule has 3 N–H and O–H groups in total. The average molecular weight is 438 g/mol. The van der Waals surface area contributed by atoms with Crippen LogP contribution in [-0.2, 0) is 19.8 Å². The number of Topliss-reactive ketones (excluding diaryl/α,β-unsaturated/α-hetero) is 1. The fraction of sp³-hybridized carbons (Fsp3) is 0.480. The molecule has 0 aromatic heterocycles. The van der Waals surface area contributed by atoms with E-state index in [0.29, 0.717) is 32.4 Å². The molecule has 1 saturated carbocycles. The summed E-state index contributed by atoms with van der Waals surface area (Å²) in [5.41, 5.74) is 1.34. The number of rotatable bonds is 0. The number of carbonyl (C=O) groups excluding carboxylic acids is 3. The van der Waals surface area contributed by atoms with E-state index in [9.17, 15) is 14.4 Å². The third kappa shape index (κ3) is 5.10. The highest BCUT2D eigenvalue weighted by molar-refractivity contribution is 5.92. The van der Waals surface area contributed by atoms with Crippen molar-refractivity contribution in [2.24, 2.45) is 0 Å². The summed E-state index contributed by atoms with van der Waals surface area (Å²) in [5, 5.41) is 9.23. The van der Waals surface area contributed by atoms with E-state index in [0.717, 1.165) is 49.2 Å². The third-order valence-electron chi connectivity index (χ3n) is 6.45. The van der Waals surface area contributed by atoms with Crippen LogP contribution < -0.4 is 20.7 Å². The van der Waals surface area contributed by atoms with Crippen molar-refractivity contribution < 1.29 is 19.1 Å². The van der Waals surface area contributed by atoms with Gasteiger partial charge in [0.25, 0.3) is 0 Å². The smallest absolute Gasteiger partial charge is 0.243 e. The van der Waals surface area contributed by atoms with Crippen molar-refractivity contribution >= 4 is 23.7 Å². The van der Waals surface area contributed by atoms with Crippen molar-refractivity contribution in [2.75, 3.05) is 26.2 Å². The number of fused-ring (bicyclic) bond motifs is 1. The second-order valence-corrected chi connectivity index (χ2v) is 8.70. The van der Waals surface area contributed by atoms with Crippen LogP contribution in [0, 0.1) is 0 Å². The number of ether oxygens (including phenoxy) is 1. The van der Waals surface area contributed by atoms with Crippen LogP contribution in [-0.4, -0.2) is 49.9 Å². The Balaban J connectivity index is 1.62. The molecule has 7 heteroatoms. The fourth-order valence-corrected chi connectivity index (χ4v) is 4.66. The zero-order valence-electron chi connectivity index (χ0n) is 18.3. The van der Waals surface area contributed by atoms with Crippen molar-refractivity contribution in [1.29, 1.82) is 0 Å². The Morgan fingerprint density at radius 1 is 0.875 bits per heavy atom. The average Bonchev–Trinajstić information content (AvgIpc) is 3.10. The molecule has 1 aromatic carbocycles. The van der Waals surface area contributed by atoms with Crippen LogP contribution in [0.1, 0.15) is 49.7 Å². The van der Waals surface area contributed by atoms with Gasteiger partial charge in [-0.25, -0.2) is 0 Å². The predicted molar refractivity (Wildman–Crippen MR) is 122 cm³/mol. The lowest BCUT2D eigenvalue weighted by Gasteiger charge is -2.35. The molecule has 1 aromatic rings. The van der Waals surface area contributed by atoms with Gasteiger partial charge in [-0.3, -0.25) is 14.4 Å².